The van der Waals surface area contributed by atoms with E-state index in [1.54, 1.807) is 12.1 Å². The SMILES string of the molecule is Cc1ccc(S(=O)(=O)[O-])c(-c2cc(N(C)C)cc3ccc(/C=C/c4cc(C)n(-c5ncccc5C)c4C)[n+](C)c23)c1. The van der Waals surface area contributed by atoms with Gasteiger partial charge in [0.05, 0.1) is 10.5 Å². The zero-order chi connectivity index (χ0) is 29.6. The van der Waals surface area contributed by atoms with Crippen LogP contribution in [0.3, 0.4) is 0 Å². The van der Waals surface area contributed by atoms with E-state index in [1.165, 1.54) is 6.07 Å². The highest BCUT2D eigenvalue weighted by Crippen LogP contribution is 2.36. The van der Waals surface area contributed by atoms with Crippen molar-refractivity contribution in [2.45, 2.75) is 32.6 Å². The number of aromatic nitrogens is 3. The second-order valence-corrected chi connectivity index (χ2v) is 12.1. The monoisotopic (exact) mass is 566 g/mol. The summed E-state index contributed by atoms with van der Waals surface area (Å²) in [5.74, 6) is 0.919. The second-order valence-electron chi connectivity index (χ2n) is 10.7. The third kappa shape index (κ3) is 5.28. The molecule has 8 heteroatoms. The molecule has 0 N–H and O–H groups in total. The number of anilines is 1. The summed E-state index contributed by atoms with van der Waals surface area (Å²) in [4.78, 5) is 6.35. The molecule has 0 spiro atoms. The molecule has 3 heterocycles. The summed E-state index contributed by atoms with van der Waals surface area (Å²) in [6, 6.07) is 19.1. The Balaban J connectivity index is 1.70. The van der Waals surface area contributed by atoms with E-state index in [1.807, 2.05) is 68.0 Å². The van der Waals surface area contributed by atoms with Crippen molar-refractivity contribution in [3.05, 3.63) is 101 Å². The van der Waals surface area contributed by atoms with Crippen LogP contribution in [0.4, 0.5) is 5.69 Å². The van der Waals surface area contributed by atoms with Crippen molar-refractivity contribution in [2.75, 3.05) is 19.0 Å². The molecule has 7 nitrogen and oxygen atoms in total. The Morgan fingerprint density at radius 1 is 0.927 bits per heavy atom. The number of pyridine rings is 2. The lowest BCUT2D eigenvalue weighted by Gasteiger charge is -2.18. The molecule has 0 bridgehead atoms. The van der Waals surface area contributed by atoms with Crippen LogP contribution in [0.2, 0.25) is 0 Å². The molecule has 0 fully saturated rings. The molecule has 5 rings (SSSR count). The average molecular weight is 567 g/mol. The van der Waals surface area contributed by atoms with Gasteiger partial charge in [0.25, 0.3) is 0 Å². The molecule has 3 aromatic heterocycles. The van der Waals surface area contributed by atoms with Gasteiger partial charge in [-0.1, -0.05) is 17.7 Å². The number of hydrogen-bond acceptors (Lipinski definition) is 5. The van der Waals surface area contributed by atoms with E-state index in [-0.39, 0.29) is 4.90 Å². The molecule has 0 aliphatic rings. The van der Waals surface area contributed by atoms with Crippen molar-refractivity contribution in [3.63, 3.8) is 0 Å². The van der Waals surface area contributed by atoms with Crippen LogP contribution in [0.5, 0.6) is 0 Å². The van der Waals surface area contributed by atoms with E-state index in [9.17, 15) is 13.0 Å². The Kier molecular flexibility index (Phi) is 7.32. The number of aryl methyl sites for hydroxylation is 4. The first-order chi connectivity index (χ1) is 19.4. The minimum atomic E-state index is -4.70. The first-order valence-corrected chi connectivity index (χ1v) is 14.8. The maximum absolute atomic E-state index is 12.3. The van der Waals surface area contributed by atoms with E-state index in [2.05, 4.69) is 60.7 Å². The summed E-state index contributed by atoms with van der Waals surface area (Å²) in [6.45, 7) is 8.11. The van der Waals surface area contributed by atoms with Crippen LogP contribution in [-0.4, -0.2) is 36.6 Å². The van der Waals surface area contributed by atoms with E-state index < -0.39 is 10.1 Å². The summed E-state index contributed by atoms with van der Waals surface area (Å²) in [5.41, 5.74) is 8.99. The van der Waals surface area contributed by atoms with Crippen molar-refractivity contribution < 1.29 is 17.5 Å². The summed E-state index contributed by atoms with van der Waals surface area (Å²) in [7, 11) is 1.14. The largest absolute Gasteiger partial charge is 0.744 e. The molecular weight excluding hydrogens is 532 g/mol. The van der Waals surface area contributed by atoms with Gasteiger partial charge in [0.1, 0.15) is 23.0 Å². The van der Waals surface area contributed by atoms with Crippen LogP contribution in [-0.2, 0) is 17.2 Å². The molecule has 0 saturated carbocycles. The molecule has 0 aliphatic carbocycles. The highest BCUT2D eigenvalue weighted by atomic mass is 32.2. The number of nitrogens with zero attached hydrogens (tertiary/aromatic N) is 4. The maximum atomic E-state index is 12.3. The molecule has 0 saturated heterocycles. The number of fused-ring (bicyclic) bond motifs is 1. The standard InChI is InChI=1S/C33H34N4O3S/c1-21-10-15-31(41(38,39)40)29(17-21)30-20-28(35(5)6)19-26-12-14-27(36(7)32(26)30)13-11-25-18-23(3)37(24(25)4)33-22(2)9-8-16-34-33/h8-20H,1-7H3. The number of benzene rings is 2. The zero-order valence-electron chi connectivity index (χ0n) is 24.4. The Hall–Kier alpha value is -4.27. The summed E-state index contributed by atoms with van der Waals surface area (Å²) >= 11 is 0. The molecule has 0 amide bonds. The Bertz CT molecular complexity index is 1950. The van der Waals surface area contributed by atoms with Gasteiger partial charge in [-0.25, -0.2) is 13.4 Å². The molecule has 5 aromatic rings. The fraction of sp³-hybridized carbons (Fsp3) is 0.212. The van der Waals surface area contributed by atoms with Gasteiger partial charge >= 0.3 is 0 Å². The topological polar surface area (TPSA) is 82.1 Å². The molecule has 0 unspecified atom stereocenters. The summed E-state index contributed by atoms with van der Waals surface area (Å²) < 4.78 is 41.1. The fourth-order valence-corrected chi connectivity index (χ4v) is 6.10. The Morgan fingerprint density at radius 3 is 2.37 bits per heavy atom. The highest BCUT2D eigenvalue weighted by molar-refractivity contribution is 7.85. The van der Waals surface area contributed by atoms with Crippen molar-refractivity contribution in [2.24, 2.45) is 7.05 Å². The first-order valence-electron chi connectivity index (χ1n) is 13.4. The number of hydrogen-bond donors (Lipinski definition) is 0. The van der Waals surface area contributed by atoms with Crippen LogP contribution in [0.25, 0.3) is 40.0 Å². The lowest BCUT2D eigenvalue weighted by molar-refractivity contribution is -0.646. The predicted octanol–water partition coefficient (Wildman–Crippen LogP) is 5.89. The minimum absolute atomic E-state index is 0.224. The van der Waals surface area contributed by atoms with Crippen LogP contribution in [0.1, 0.15) is 33.8 Å². The van der Waals surface area contributed by atoms with E-state index in [0.29, 0.717) is 11.1 Å². The van der Waals surface area contributed by atoms with Gasteiger partial charge in [-0.2, -0.15) is 4.57 Å². The Morgan fingerprint density at radius 2 is 1.68 bits per heavy atom. The van der Waals surface area contributed by atoms with Gasteiger partial charge in [-0.3, -0.25) is 0 Å². The molecule has 41 heavy (non-hydrogen) atoms. The van der Waals surface area contributed by atoms with Crippen molar-refractivity contribution >= 4 is 38.9 Å². The van der Waals surface area contributed by atoms with Crippen molar-refractivity contribution in [1.82, 2.24) is 9.55 Å². The quantitative estimate of drug-likeness (QED) is 0.189. The summed E-state index contributed by atoms with van der Waals surface area (Å²) in [6.07, 6.45) is 5.96. The van der Waals surface area contributed by atoms with Gasteiger partial charge < -0.3 is 14.0 Å². The molecule has 0 atom stereocenters. The van der Waals surface area contributed by atoms with Crippen LogP contribution >= 0.6 is 0 Å². The third-order valence-corrected chi connectivity index (χ3v) is 8.48. The molecule has 0 aliphatic heterocycles. The van der Waals surface area contributed by atoms with Gasteiger partial charge in [-0.05, 0) is 87.4 Å². The lowest BCUT2D eigenvalue weighted by atomic mass is 9.98. The van der Waals surface area contributed by atoms with E-state index >= 15 is 0 Å². The van der Waals surface area contributed by atoms with E-state index in [4.69, 9.17) is 0 Å². The van der Waals surface area contributed by atoms with Crippen molar-refractivity contribution in [3.8, 4) is 16.9 Å². The zero-order valence-corrected chi connectivity index (χ0v) is 25.2. The summed E-state index contributed by atoms with van der Waals surface area (Å²) in [5, 5.41) is 0.936. The Labute approximate surface area is 241 Å². The third-order valence-electron chi connectivity index (χ3n) is 7.59. The lowest BCUT2D eigenvalue weighted by Crippen LogP contribution is -2.33. The fourth-order valence-electron chi connectivity index (χ4n) is 5.43. The molecule has 0 radical (unpaired) electrons. The van der Waals surface area contributed by atoms with Crippen LogP contribution in [0.15, 0.2) is 71.8 Å². The second kappa shape index (κ2) is 10.6. The molecular formula is C33H34N4O3S. The number of rotatable bonds is 6. The average Bonchev–Trinajstić information content (AvgIpc) is 3.19. The van der Waals surface area contributed by atoms with Crippen molar-refractivity contribution in [1.29, 1.82) is 0 Å². The van der Waals surface area contributed by atoms with E-state index in [0.717, 1.165) is 56.2 Å². The predicted molar refractivity (Wildman–Crippen MR) is 164 cm³/mol. The molecule has 2 aromatic carbocycles. The first kappa shape index (κ1) is 28.3. The van der Waals surface area contributed by atoms with Gasteiger partial charge in [0.15, 0.2) is 0 Å². The van der Waals surface area contributed by atoms with Gasteiger partial charge in [0, 0.05) is 60.5 Å². The normalized spacial score (nSPS) is 12.0. The maximum Gasteiger partial charge on any atom is 0.220 e. The molecule has 210 valence electrons. The van der Waals surface area contributed by atoms with Crippen LogP contribution in [0, 0.1) is 27.7 Å². The van der Waals surface area contributed by atoms with Gasteiger partial charge in [0.2, 0.25) is 11.2 Å². The smallest absolute Gasteiger partial charge is 0.220 e. The minimum Gasteiger partial charge on any atom is -0.744 e. The van der Waals surface area contributed by atoms with Crippen LogP contribution < -0.4 is 9.47 Å². The van der Waals surface area contributed by atoms with Gasteiger partial charge in [-0.15, -0.1) is 0 Å². The highest BCUT2D eigenvalue weighted by Gasteiger charge is 2.22.